The Hall–Kier alpha value is -1.52. The molecule has 0 unspecified atom stereocenters. The van der Waals surface area contributed by atoms with Gasteiger partial charge >= 0.3 is 0 Å². The first-order valence-electron chi connectivity index (χ1n) is 6.30. The third kappa shape index (κ3) is 3.75. The van der Waals surface area contributed by atoms with E-state index >= 15 is 0 Å². The largest absolute Gasteiger partial charge is 0.385 e. The molecular weight excluding hydrogens is 226 g/mol. The van der Waals surface area contributed by atoms with Gasteiger partial charge in [-0.15, -0.1) is 0 Å². The first kappa shape index (κ1) is 12.9. The number of methoxy groups -OCH3 is 1. The molecule has 1 aromatic heterocycles. The Balaban J connectivity index is 1.81. The predicted molar refractivity (Wildman–Crippen MR) is 72.4 cm³/mol. The molecule has 96 valence electrons. The minimum Gasteiger partial charge on any atom is -0.385 e. The molecule has 0 aliphatic heterocycles. The van der Waals surface area contributed by atoms with E-state index in [0.717, 1.165) is 49.3 Å². The van der Waals surface area contributed by atoms with Crippen LogP contribution in [0.5, 0.6) is 0 Å². The summed E-state index contributed by atoms with van der Waals surface area (Å²) in [5.74, 6) is 0. The molecular formula is C14H19N3O. The molecule has 0 radical (unpaired) electrons. The maximum absolute atomic E-state index is 5.00. The maximum atomic E-state index is 5.00. The number of nitrogens with zero attached hydrogens (tertiary/aromatic N) is 2. The molecule has 18 heavy (non-hydrogen) atoms. The van der Waals surface area contributed by atoms with Gasteiger partial charge in [0.15, 0.2) is 0 Å². The SMILES string of the molecule is COCCCCNCc1cnc2ccccc2n1. The van der Waals surface area contributed by atoms with Crippen LogP contribution in [-0.4, -0.2) is 30.2 Å². The minimum absolute atomic E-state index is 0.769. The van der Waals surface area contributed by atoms with E-state index < -0.39 is 0 Å². The monoisotopic (exact) mass is 245 g/mol. The number of ether oxygens (including phenoxy) is 1. The van der Waals surface area contributed by atoms with Gasteiger partial charge in [-0.1, -0.05) is 12.1 Å². The smallest absolute Gasteiger partial charge is 0.0890 e. The van der Waals surface area contributed by atoms with E-state index in [-0.39, 0.29) is 0 Å². The van der Waals surface area contributed by atoms with Crippen LogP contribution in [0, 0.1) is 0 Å². The summed E-state index contributed by atoms with van der Waals surface area (Å²) in [6, 6.07) is 7.93. The van der Waals surface area contributed by atoms with Gasteiger partial charge in [0.1, 0.15) is 0 Å². The Morgan fingerprint density at radius 1 is 1.17 bits per heavy atom. The summed E-state index contributed by atoms with van der Waals surface area (Å²) in [7, 11) is 1.73. The standard InChI is InChI=1S/C14H19N3O/c1-18-9-5-4-8-15-10-12-11-16-13-6-2-3-7-14(13)17-12/h2-3,6-7,11,15H,4-5,8-10H2,1H3. The summed E-state index contributed by atoms with van der Waals surface area (Å²) < 4.78 is 5.00. The third-order valence-electron chi connectivity index (χ3n) is 2.76. The Morgan fingerprint density at radius 3 is 2.83 bits per heavy atom. The van der Waals surface area contributed by atoms with Gasteiger partial charge in [0, 0.05) is 20.3 Å². The lowest BCUT2D eigenvalue weighted by atomic mass is 10.3. The van der Waals surface area contributed by atoms with Gasteiger partial charge in [-0.05, 0) is 31.5 Å². The summed E-state index contributed by atoms with van der Waals surface area (Å²) in [4.78, 5) is 8.95. The molecule has 0 saturated heterocycles. The van der Waals surface area contributed by atoms with E-state index in [2.05, 4.69) is 15.3 Å². The highest BCUT2D eigenvalue weighted by atomic mass is 16.5. The van der Waals surface area contributed by atoms with Gasteiger partial charge < -0.3 is 10.1 Å². The summed E-state index contributed by atoms with van der Waals surface area (Å²) in [6.45, 7) is 2.58. The second-order valence-electron chi connectivity index (χ2n) is 4.23. The van der Waals surface area contributed by atoms with E-state index in [4.69, 9.17) is 4.74 Å². The fraction of sp³-hybridized carbons (Fsp3) is 0.429. The molecule has 0 aliphatic carbocycles. The van der Waals surface area contributed by atoms with Crippen molar-refractivity contribution in [2.75, 3.05) is 20.3 Å². The lowest BCUT2D eigenvalue weighted by molar-refractivity contribution is 0.192. The summed E-state index contributed by atoms with van der Waals surface area (Å²) in [6.07, 6.45) is 4.05. The second-order valence-corrected chi connectivity index (χ2v) is 4.23. The zero-order valence-corrected chi connectivity index (χ0v) is 10.7. The molecule has 0 bridgehead atoms. The highest BCUT2D eigenvalue weighted by Gasteiger charge is 1.98. The van der Waals surface area contributed by atoms with E-state index in [1.807, 2.05) is 30.5 Å². The number of hydrogen-bond acceptors (Lipinski definition) is 4. The number of aromatic nitrogens is 2. The van der Waals surface area contributed by atoms with E-state index in [1.54, 1.807) is 7.11 Å². The topological polar surface area (TPSA) is 47.0 Å². The second kappa shape index (κ2) is 7.03. The van der Waals surface area contributed by atoms with Gasteiger partial charge in [-0.2, -0.15) is 0 Å². The van der Waals surface area contributed by atoms with Crippen molar-refractivity contribution in [3.05, 3.63) is 36.2 Å². The lowest BCUT2D eigenvalue weighted by Crippen LogP contribution is -2.16. The number of nitrogens with one attached hydrogen (secondary N) is 1. The fourth-order valence-electron chi connectivity index (χ4n) is 1.79. The Bertz CT molecular complexity index is 487. The molecule has 1 heterocycles. The normalized spacial score (nSPS) is 10.9. The molecule has 2 aromatic rings. The predicted octanol–water partition coefficient (Wildman–Crippen LogP) is 2.15. The lowest BCUT2D eigenvalue weighted by Gasteiger charge is -2.05. The molecule has 0 atom stereocenters. The molecule has 1 N–H and O–H groups in total. The summed E-state index contributed by atoms with van der Waals surface area (Å²) >= 11 is 0. The van der Waals surface area contributed by atoms with Crippen molar-refractivity contribution in [3.63, 3.8) is 0 Å². The Kier molecular flexibility index (Phi) is 5.05. The van der Waals surface area contributed by atoms with Crippen molar-refractivity contribution in [3.8, 4) is 0 Å². The van der Waals surface area contributed by atoms with E-state index in [9.17, 15) is 0 Å². The van der Waals surface area contributed by atoms with E-state index in [1.165, 1.54) is 0 Å². The van der Waals surface area contributed by atoms with Crippen LogP contribution in [0.3, 0.4) is 0 Å². The zero-order chi connectivity index (χ0) is 12.6. The zero-order valence-electron chi connectivity index (χ0n) is 10.7. The highest BCUT2D eigenvalue weighted by Crippen LogP contribution is 2.08. The molecule has 0 amide bonds. The first-order valence-corrected chi connectivity index (χ1v) is 6.30. The van der Waals surface area contributed by atoms with Crippen molar-refractivity contribution < 1.29 is 4.74 Å². The van der Waals surface area contributed by atoms with Gasteiger partial charge in [-0.3, -0.25) is 4.98 Å². The van der Waals surface area contributed by atoms with Crippen molar-refractivity contribution in [2.24, 2.45) is 0 Å². The average Bonchev–Trinajstić information content (AvgIpc) is 2.42. The molecule has 0 aliphatic rings. The molecule has 1 aromatic carbocycles. The van der Waals surface area contributed by atoms with Crippen LogP contribution in [0.2, 0.25) is 0 Å². The number of rotatable bonds is 7. The van der Waals surface area contributed by atoms with Crippen LogP contribution in [0.4, 0.5) is 0 Å². The van der Waals surface area contributed by atoms with Crippen molar-refractivity contribution >= 4 is 11.0 Å². The quantitative estimate of drug-likeness (QED) is 0.759. The number of hydrogen-bond donors (Lipinski definition) is 1. The number of para-hydroxylation sites is 2. The van der Waals surface area contributed by atoms with Gasteiger partial charge in [0.05, 0.1) is 22.9 Å². The van der Waals surface area contributed by atoms with Crippen molar-refractivity contribution in [2.45, 2.75) is 19.4 Å². The van der Waals surface area contributed by atoms with Crippen molar-refractivity contribution in [1.82, 2.24) is 15.3 Å². The Labute approximate surface area is 107 Å². The highest BCUT2D eigenvalue weighted by molar-refractivity contribution is 5.73. The van der Waals surface area contributed by atoms with E-state index in [0.29, 0.717) is 0 Å². The summed E-state index contributed by atoms with van der Waals surface area (Å²) in [5, 5.41) is 3.37. The molecule has 0 spiro atoms. The Morgan fingerprint density at radius 2 is 2.00 bits per heavy atom. The van der Waals surface area contributed by atoms with Crippen LogP contribution in [0.15, 0.2) is 30.5 Å². The number of benzene rings is 1. The molecule has 0 saturated carbocycles. The van der Waals surface area contributed by atoms with Crippen LogP contribution in [0.25, 0.3) is 11.0 Å². The summed E-state index contributed by atoms with van der Waals surface area (Å²) in [5.41, 5.74) is 2.89. The maximum Gasteiger partial charge on any atom is 0.0890 e. The van der Waals surface area contributed by atoms with Crippen LogP contribution in [0.1, 0.15) is 18.5 Å². The fourth-order valence-corrected chi connectivity index (χ4v) is 1.79. The molecule has 4 heteroatoms. The minimum atomic E-state index is 0.769. The van der Waals surface area contributed by atoms with Crippen LogP contribution >= 0.6 is 0 Å². The molecule has 0 fully saturated rings. The van der Waals surface area contributed by atoms with Crippen molar-refractivity contribution in [1.29, 1.82) is 0 Å². The molecule has 2 rings (SSSR count). The van der Waals surface area contributed by atoms with Crippen LogP contribution < -0.4 is 5.32 Å². The van der Waals surface area contributed by atoms with Crippen LogP contribution in [-0.2, 0) is 11.3 Å². The van der Waals surface area contributed by atoms with Gasteiger partial charge in [0.25, 0.3) is 0 Å². The van der Waals surface area contributed by atoms with Gasteiger partial charge in [0.2, 0.25) is 0 Å². The third-order valence-corrected chi connectivity index (χ3v) is 2.76. The number of fused-ring (bicyclic) bond motifs is 1. The van der Waals surface area contributed by atoms with Gasteiger partial charge in [-0.25, -0.2) is 4.98 Å². The average molecular weight is 245 g/mol. The molecule has 4 nitrogen and oxygen atoms in total. The number of unbranched alkanes of at least 4 members (excludes halogenated alkanes) is 1. The first-order chi connectivity index (χ1) is 8.90.